The zero-order valence-corrected chi connectivity index (χ0v) is 7.46. The lowest BCUT2D eigenvalue weighted by molar-refractivity contribution is 0.712. The quantitative estimate of drug-likeness (QED) is 0.710. The van der Waals surface area contributed by atoms with E-state index in [-0.39, 0.29) is 6.54 Å². The van der Waals surface area contributed by atoms with Crippen molar-refractivity contribution >= 4 is 0 Å². The van der Waals surface area contributed by atoms with E-state index in [9.17, 15) is 0 Å². The van der Waals surface area contributed by atoms with Crippen molar-refractivity contribution in [3.05, 3.63) is 36.8 Å². The van der Waals surface area contributed by atoms with E-state index in [1.165, 1.54) is 0 Å². The second-order valence-electron chi connectivity index (χ2n) is 2.79. The highest BCUT2D eigenvalue weighted by Gasteiger charge is 2.00. The van der Waals surface area contributed by atoms with Gasteiger partial charge in [0.05, 0.1) is 11.8 Å². The molecule has 4 nitrogen and oxygen atoms in total. The molecule has 2 aromatic heterocycles. The second-order valence-corrected chi connectivity index (χ2v) is 2.79. The van der Waals surface area contributed by atoms with Crippen molar-refractivity contribution in [3.8, 4) is 17.3 Å². The van der Waals surface area contributed by atoms with Crippen LogP contribution >= 0.6 is 0 Å². The van der Waals surface area contributed by atoms with Crippen LogP contribution in [0.15, 0.2) is 36.8 Å². The molecule has 0 bridgehead atoms. The standard InChI is InChI=1S/C10H8N4/c11-4-8-14-7-3-10(13-14)9-1-5-12-6-2-9/h1-3,5-7H,8H2. The molecule has 4 heteroatoms. The Kier molecular flexibility index (Phi) is 2.24. The summed E-state index contributed by atoms with van der Waals surface area (Å²) in [5.41, 5.74) is 1.87. The summed E-state index contributed by atoms with van der Waals surface area (Å²) < 4.78 is 1.61. The van der Waals surface area contributed by atoms with Gasteiger partial charge in [-0.2, -0.15) is 10.4 Å². The van der Waals surface area contributed by atoms with Gasteiger partial charge in [-0.05, 0) is 18.2 Å². The van der Waals surface area contributed by atoms with E-state index in [0.29, 0.717) is 0 Å². The van der Waals surface area contributed by atoms with E-state index < -0.39 is 0 Å². The van der Waals surface area contributed by atoms with Crippen LogP contribution in [0, 0.1) is 11.3 Å². The summed E-state index contributed by atoms with van der Waals surface area (Å²) in [7, 11) is 0. The summed E-state index contributed by atoms with van der Waals surface area (Å²) in [6, 6.07) is 7.69. The molecule has 0 fully saturated rings. The molecule has 0 aliphatic carbocycles. The van der Waals surface area contributed by atoms with Gasteiger partial charge in [0.2, 0.25) is 0 Å². The van der Waals surface area contributed by atoms with Crippen molar-refractivity contribution in [2.45, 2.75) is 6.54 Å². The third kappa shape index (κ3) is 1.62. The summed E-state index contributed by atoms with van der Waals surface area (Å²) >= 11 is 0. The Morgan fingerprint density at radius 1 is 1.29 bits per heavy atom. The van der Waals surface area contributed by atoms with Crippen LogP contribution in [-0.4, -0.2) is 14.8 Å². The Morgan fingerprint density at radius 3 is 2.79 bits per heavy atom. The van der Waals surface area contributed by atoms with Gasteiger partial charge in [0.25, 0.3) is 0 Å². The maximum atomic E-state index is 8.48. The Hall–Kier alpha value is -2.15. The highest BCUT2D eigenvalue weighted by molar-refractivity contribution is 5.57. The number of hydrogen-bond acceptors (Lipinski definition) is 3. The normalized spacial score (nSPS) is 9.64. The van der Waals surface area contributed by atoms with Crippen molar-refractivity contribution in [2.24, 2.45) is 0 Å². The monoisotopic (exact) mass is 184 g/mol. The first-order valence-electron chi connectivity index (χ1n) is 4.21. The first-order valence-corrected chi connectivity index (χ1v) is 4.21. The van der Waals surface area contributed by atoms with E-state index >= 15 is 0 Å². The van der Waals surface area contributed by atoms with Crippen LogP contribution in [0.2, 0.25) is 0 Å². The third-order valence-electron chi connectivity index (χ3n) is 1.85. The molecule has 0 atom stereocenters. The third-order valence-corrected chi connectivity index (χ3v) is 1.85. The molecule has 0 aliphatic rings. The maximum Gasteiger partial charge on any atom is 0.128 e. The van der Waals surface area contributed by atoms with Crippen LogP contribution in [0.4, 0.5) is 0 Å². The summed E-state index contributed by atoms with van der Waals surface area (Å²) in [4.78, 5) is 3.93. The van der Waals surface area contributed by atoms with Gasteiger partial charge in [-0.15, -0.1) is 0 Å². The molecule has 0 aliphatic heterocycles. The van der Waals surface area contributed by atoms with Gasteiger partial charge in [-0.1, -0.05) is 0 Å². The van der Waals surface area contributed by atoms with Crippen LogP contribution in [0.1, 0.15) is 0 Å². The molecule has 2 heterocycles. The van der Waals surface area contributed by atoms with Crippen LogP contribution in [0.5, 0.6) is 0 Å². The fourth-order valence-corrected chi connectivity index (χ4v) is 1.20. The van der Waals surface area contributed by atoms with Gasteiger partial charge in [0.15, 0.2) is 0 Å². The summed E-state index contributed by atoms with van der Waals surface area (Å²) in [5.74, 6) is 0. The number of pyridine rings is 1. The van der Waals surface area contributed by atoms with Gasteiger partial charge in [-0.25, -0.2) is 0 Å². The Balaban J connectivity index is 2.31. The molecule has 0 radical (unpaired) electrons. The van der Waals surface area contributed by atoms with Crippen molar-refractivity contribution < 1.29 is 0 Å². The van der Waals surface area contributed by atoms with E-state index in [2.05, 4.69) is 10.1 Å². The lowest BCUT2D eigenvalue weighted by atomic mass is 10.2. The largest absolute Gasteiger partial charge is 0.265 e. The van der Waals surface area contributed by atoms with Crippen LogP contribution in [0.3, 0.4) is 0 Å². The van der Waals surface area contributed by atoms with Gasteiger partial charge < -0.3 is 0 Å². The number of rotatable bonds is 2. The molecular weight excluding hydrogens is 176 g/mol. The molecule has 0 aromatic carbocycles. The minimum absolute atomic E-state index is 0.283. The molecule has 0 amide bonds. The average Bonchev–Trinajstić information content (AvgIpc) is 2.68. The van der Waals surface area contributed by atoms with Crippen LogP contribution in [-0.2, 0) is 6.54 Å². The maximum absolute atomic E-state index is 8.48. The number of hydrogen-bond donors (Lipinski definition) is 0. The predicted octanol–water partition coefficient (Wildman–Crippen LogP) is 1.47. The molecule has 14 heavy (non-hydrogen) atoms. The van der Waals surface area contributed by atoms with Crippen molar-refractivity contribution in [1.29, 1.82) is 5.26 Å². The number of nitrogens with zero attached hydrogens (tertiary/aromatic N) is 4. The summed E-state index contributed by atoms with van der Waals surface area (Å²) in [6.45, 7) is 0.283. The van der Waals surface area contributed by atoms with E-state index in [0.717, 1.165) is 11.3 Å². The zero-order chi connectivity index (χ0) is 9.80. The Labute approximate surface area is 81.4 Å². The highest BCUT2D eigenvalue weighted by atomic mass is 15.3. The van der Waals surface area contributed by atoms with Gasteiger partial charge in [0.1, 0.15) is 6.54 Å². The average molecular weight is 184 g/mol. The second kappa shape index (κ2) is 3.71. The van der Waals surface area contributed by atoms with E-state index in [4.69, 9.17) is 5.26 Å². The fraction of sp³-hybridized carbons (Fsp3) is 0.100. The zero-order valence-electron chi connectivity index (χ0n) is 7.46. The Bertz CT molecular complexity index is 452. The van der Waals surface area contributed by atoms with Crippen LogP contribution < -0.4 is 0 Å². The topological polar surface area (TPSA) is 54.5 Å². The first kappa shape index (κ1) is 8.45. The number of nitriles is 1. The molecule has 2 aromatic rings. The minimum atomic E-state index is 0.283. The molecule has 0 N–H and O–H groups in total. The molecule has 0 spiro atoms. The van der Waals surface area contributed by atoms with Crippen molar-refractivity contribution in [1.82, 2.24) is 14.8 Å². The van der Waals surface area contributed by atoms with E-state index in [1.807, 2.05) is 24.3 Å². The molecule has 0 unspecified atom stereocenters. The van der Waals surface area contributed by atoms with E-state index in [1.54, 1.807) is 23.3 Å². The minimum Gasteiger partial charge on any atom is -0.265 e. The Morgan fingerprint density at radius 2 is 2.07 bits per heavy atom. The van der Waals surface area contributed by atoms with Crippen molar-refractivity contribution in [3.63, 3.8) is 0 Å². The van der Waals surface area contributed by atoms with Gasteiger partial charge in [0, 0.05) is 24.2 Å². The molecule has 0 saturated heterocycles. The smallest absolute Gasteiger partial charge is 0.128 e. The fourth-order valence-electron chi connectivity index (χ4n) is 1.20. The van der Waals surface area contributed by atoms with Gasteiger partial charge in [-0.3, -0.25) is 9.67 Å². The van der Waals surface area contributed by atoms with Gasteiger partial charge >= 0.3 is 0 Å². The van der Waals surface area contributed by atoms with Crippen molar-refractivity contribution in [2.75, 3.05) is 0 Å². The molecular formula is C10H8N4. The summed E-state index contributed by atoms with van der Waals surface area (Å²) in [5, 5.41) is 12.7. The summed E-state index contributed by atoms with van der Waals surface area (Å²) in [6.07, 6.45) is 5.23. The lowest BCUT2D eigenvalue weighted by Crippen LogP contribution is -1.95. The first-order chi connectivity index (χ1) is 6.90. The molecule has 2 rings (SSSR count). The van der Waals surface area contributed by atoms with Crippen LogP contribution in [0.25, 0.3) is 11.3 Å². The highest BCUT2D eigenvalue weighted by Crippen LogP contribution is 2.14. The lowest BCUT2D eigenvalue weighted by Gasteiger charge is -1.94. The molecule has 68 valence electrons. The predicted molar refractivity (Wildman–Crippen MR) is 51.1 cm³/mol. The molecule has 0 saturated carbocycles. The SMILES string of the molecule is N#CCn1ccc(-c2ccncc2)n1. The number of aromatic nitrogens is 3.